The van der Waals surface area contributed by atoms with Crippen molar-refractivity contribution in [3.63, 3.8) is 0 Å². The van der Waals surface area contributed by atoms with Crippen molar-refractivity contribution in [3.05, 3.63) is 42.0 Å². The Morgan fingerprint density at radius 1 is 1.26 bits per heavy atom. The zero-order chi connectivity index (χ0) is 14.3. The number of hydrogen-bond acceptors (Lipinski definition) is 4. The molecule has 0 heterocycles. The molecule has 0 aliphatic carbocycles. The average molecular weight is 262 g/mol. The van der Waals surface area contributed by atoms with Gasteiger partial charge in [-0.3, -0.25) is 9.59 Å². The first-order valence-corrected chi connectivity index (χ1v) is 6.26. The smallest absolute Gasteiger partial charge is 0.316 e. The van der Waals surface area contributed by atoms with Crippen molar-refractivity contribution in [1.29, 1.82) is 0 Å². The van der Waals surface area contributed by atoms with E-state index in [1.807, 2.05) is 6.07 Å². The van der Waals surface area contributed by atoms with Crippen molar-refractivity contribution in [2.45, 2.75) is 20.3 Å². The maximum Gasteiger partial charge on any atom is 0.316 e. The summed E-state index contributed by atoms with van der Waals surface area (Å²) in [6, 6.07) is 8.69. The van der Waals surface area contributed by atoms with E-state index in [0.29, 0.717) is 12.0 Å². The average Bonchev–Trinajstić information content (AvgIpc) is 2.40. The Labute approximate surface area is 112 Å². The van der Waals surface area contributed by atoms with Gasteiger partial charge in [0.25, 0.3) is 0 Å². The van der Waals surface area contributed by atoms with Gasteiger partial charge in [-0.1, -0.05) is 37.3 Å². The van der Waals surface area contributed by atoms with Gasteiger partial charge in [0.2, 0.25) is 0 Å². The number of esters is 1. The molecule has 1 N–H and O–H groups in total. The highest BCUT2D eigenvalue weighted by Gasteiger charge is 2.24. The Morgan fingerprint density at radius 2 is 1.89 bits per heavy atom. The van der Waals surface area contributed by atoms with Crippen molar-refractivity contribution >= 4 is 17.5 Å². The molecular formula is C15H18O4. The van der Waals surface area contributed by atoms with Gasteiger partial charge in [-0.2, -0.15) is 0 Å². The van der Waals surface area contributed by atoms with Gasteiger partial charge in [0.1, 0.15) is 11.7 Å². The molecule has 0 bridgehead atoms. The summed E-state index contributed by atoms with van der Waals surface area (Å²) in [5.41, 5.74) is 0.537. The van der Waals surface area contributed by atoms with Gasteiger partial charge < -0.3 is 9.84 Å². The zero-order valence-electron chi connectivity index (χ0n) is 11.1. The molecule has 1 aromatic rings. The van der Waals surface area contributed by atoms with Crippen LogP contribution in [0, 0.1) is 5.92 Å². The van der Waals surface area contributed by atoms with Gasteiger partial charge in [0.15, 0.2) is 5.78 Å². The first kappa shape index (κ1) is 15.0. The van der Waals surface area contributed by atoms with Gasteiger partial charge >= 0.3 is 5.97 Å². The highest BCUT2D eigenvalue weighted by Crippen LogP contribution is 2.14. The third-order valence-electron chi connectivity index (χ3n) is 2.67. The number of aliphatic hydroxyl groups excluding tert-OH is 1. The topological polar surface area (TPSA) is 63.6 Å². The van der Waals surface area contributed by atoms with E-state index in [4.69, 9.17) is 4.74 Å². The van der Waals surface area contributed by atoms with Crippen LogP contribution >= 0.6 is 0 Å². The third kappa shape index (κ3) is 4.25. The number of allylic oxidation sites excluding steroid dienone is 1. The van der Waals surface area contributed by atoms with Crippen LogP contribution in [0.5, 0.6) is 0 Å². The first-order valence-electron chi connectivity index (χ1n) is 6.26. The van der Waals surface area contributed by atoms with Gasteiger partial charge in [-0.15, -0.1) is 0 Å². The standard InChI is InChI=1S/C15H18O4/c1-3-12(15(18)19-4-2)14(17)10-13(16)11-8-6-5-7-9-11/h5-10,12,16H,3-4H2,1-2H3/b13-10-. The number of carbonyl (C=O) groups is 2. The van der Waals surface area contributed by atoms with Crippen LogP contribution in [0.2, 0.25) is 0 Å². The molecular weight excluding hydrogens is 244 g/mol. The quantitative estimate of drug-likeness (QED) is 0.370. The second-order valence-electron chi connectivity index (χ2n) is 4.01. The third-order valence-corrected chi connectivity index (χ3v) is 2.67. The lowest BCUT2D eigenvalue weighted by atomic mass is 9.99. The molecule has 0 aromatic heterocycles. The molecule has 0 aliphatic heterocycles. The molecule has 0 saturated carbocycles. The summed E-state index contributed by atoms with van der Waals surface area (Å²) in [5, 5.41) is 9.84. The highest BCUT2D eigenvalue weighted by atomic mass is 16.5. The van der Waals surface area contributed by atoms with E-state index in [1.54, 1.807) is 38.1 Å². The van der Waals surface area contributed by atoms with Crippen LogP contribution in [-0.4, -0.2) is 23.5 Å². The Hall–Kier alpha value is -2.10. The molecule has 19 heavy (non-hydrogen) atoms. The van der Waals surface area contributed by atoms with Gasteiger partial charge in [-0.05, 0) is 13.3 Å². The summed E-state index contributed by atoms with van der Waals surface area (Å²) in [4.78, 5) is 23.5. The molecule has 1 atom stereocenters. The summed E-state index contributed by atoms with van der Waals surface area (Å²) in [6.45, 7) is 3.65. The first-order chi connectivity index (χ1) is 9.10. The van der Waals surface area contributed by atoms with E-state index in [2.05, 4.69) is 0 Å². The minimum Gasteiger partial charge on any atom is -0.507 e. The second kappa shape index (κ2) is 7.36. The van der Waals surface area contributed by atoms with Crippen molar-refractivity contribution < 1.29 is 19.4 Å². The molecule has 0 amide bonds. The lowest BCUT2D eigenvalue weighted by Gasteiger charge is -2.10. The minimum absolute atomic E-state index is 0.145. The van der Waals surface area contributed by atoms with Crippen LogP contribution in [0.4, 0.5) is 0 Å². The number of rotatable bonds is 6. The fourth-order valence-corrected chi connectivity index (χ4v) is 1.65. The SMILES string of the molecule is CCOC(=O)C(CC)C(=O)/C=C(\O)c1ccccc1. The van der Waals surface area contributed by atoms with Gasteiger partial charge in [0.05, 0.1) is 6.61 Å². The van der Waals surface area contributed by atoms with Crippen LogP contribution in [-0.2, 0) is 14.3 Å². The molecule has 0 radical (unpaired) electrons. The van der Waals surface area contributed by atoms with Crippen LogP contribution in [0.15, 0.2) is 36.4 Å². The summed E-state index contributed by atoms with van der Waals surface area (Å²) < 4.78 is 4.83. The molecule has 4 nitrogen and oxygen atoms in total. The Kier molecular flexibility index (Phi) is 5.79. The number of aliphatic hydroxyl groups is 1. The molecule has 0 saturated heterocycles. The second-order valence-corrected chi connectivity index (χ2v) is 4.01. The number of hydrogen-bond donors (Lipinski definition) is 1. The fraction of sp³-hybridized carbons (Fsp3) is 0.333. The molecule has 1 aromatic carbocycles. The number of benzene rings is 1. The van der Waals surface area contributed by atoms with Crippen LogP contribution in [0.3, 0.4) is 0 Å². The molecule has 0 spiro atoms. The van der Waals surface area contributed by atoms with E-state index < -0.39 is 17.7 Å². The minimum atomic E-state index is -0.856. The predicted octanol–water partition coefficient (Wildman–Crippen LogP) is 2.74. The van der Waals surface area contributed by atoms with Crippen LogP contribution in [0.25, 0.3) is 5.76 Å². The van der Waals surface area contributed by atoms with E-state index in [9.17, 15) is 14.7 Å². The molecule has 0 aliphatic rings. The van der Waals surface area contributed by atoms with E-state index >= 15 is 0 Å². The Morgan fingerprint density at radius 3 is 2.42 bits per heavy atom. The summed E-state index contributed by atoms with van der Waals surface area (Å²) in [5.74, 6) is -1.99. The summed E-state index contributed by atoms with van der Waals surface area (Å²) >= 11 is 0. The normalized spacial score (nSPS) is 12.8. The molecule has 4 heteroatoms. The zero-order valence-corrected chi connectivity index (χ0v) is 11.1. The predicted molar refractivity (Wildman–Crippen MR) is 72.5 cm³/mol. The monoisotopic (exact) mass is 262 g/mol. The fourth-order valence-electron chi connectivity index (χ4n) is 1.65. The van der Waals surface area contributed by atoms with Crippen LogP contribution < -0.4 is 0 Å². The van der Waals surface area contributed by atoms with Crippen molar-refractivity contribution in [3.8, 4) is 0 Å². The van der Waals surface area contributed by atoms with Crippen molar-refractivity contribution in [1.82, 2.24) is 0 Å². The maximum atomic E-state index is 11.9. The number of ketones is 1. The van der Waals surface area contributed by atoms with Crippen LogP contribution in [0.1, 0.15) is 25.8 Å². The highest BCUT2D eigenvalue weighted by molar-refractivity contribution is 6.07. The Balaban J connectivity index is 2.84. The summed E-state index contributed by atoms with van der Waals surface area (Å²) in [6.07, 6.45) is 1.43. The van der Waals surface area contributed by atoms with E-state index in [1.165, 1.54) is 0 Å². The van der Waals surface area contributed by atoms with Crippen molar-refractivity contribution in [2.75, 3.05) is 6.61 Å². The molecule has 1 rings (SSSR count). The van der Waals surface area contributed by atoms with Crippen molar-refractivity contribution in [2.24, 2.45) is 5.92 Å². The maximum absolute atomic E-state index is 11.9. The van der Waals surface area contributed by atoms with Gasteiger partial charge in [-0.25, -0.2) is 0 Å². The van der Waals surface area contributed by atoms with E-state index in [-0.39, 0.29) is 12.4 Å². The Bertz CT molecular complexity index is 462. The molecule has 1 unspecified atom stereocenters. The molecule has 102 valence electrons. The number of carbonyl (C=O) groups excluding carboxylic acids is 2. The summed E-state index contributed by atoms with van der Waals surface area (Å²) in [7, 11) is 0. The molecule has 0 fully saturated rings. The number of ether oxygens (including phenoxy) is 1. The largest absolute Gasteiger partial charge is 0.507 e. The van der Waals surface area contributed by atoms with Gasteiger partial charge in [0, 0.05) is 11.6 Å². The lowest BCUT2D eigenvalue weighted by molar-refractivity contribution is -0.150. The lowest BCUT2D eigenvalue weighted by Crippen LogP contribution is -2.24. The van der Waals surface area contributed by atoms with E-state index in [0.717, 1.165) is 6.08 Å².